The Morgan fingerprint density at radius 3 is 1.04 bits per heavy atom. The monoisotopic (exact) mass is 788 g/mol. The molecule has 0 saturated heterocycles. The van der Waals surface area contributed by atoms with Crippen molar-refractivity contribution in [1.29, 1.82) is 0 Å². The fourth-order valence-electron chi connectivity index (χ4n) is 7.30. The molecule has 0 fully saturated rings. The summed E-state index contributed by atoms with van der Waals surface area (Å²) in [4.78, 5) is 0. The van der Waals surface area contributed by atoms with Crippen LogP contribution in [0.1, 0.15) is 46.2 Å². The van der Waals surface area contributed by atoms with Crippen LogP contribution in [0.15, 0.2) is 193 Å². The van der Waals surface area contributed by atoms with Crippen LogP contribution in [0.2, 0.25) is 0 Å². The minimum Gasteiger partial charge on any atom is -0.318 e. The molecule has 2 atom stereocenters. The van der Waals surface area contributed by atoms with Crippen molar-refractivity contribution < 1.29 is 9.05 Å². The number of hydrogen-bond acceptors (Lipinski definition) is 6. The maximum Gasteiger partial charge on any atom is 0.162 e. The fourth-order valence-corrected chi connectivity index (χ4v) is 18.8. The van der Waals surface area contributed by atoms with E-state index >= 15 is 0 Å². The molecule has 0 amide bonds. The van der Waals surface area contributed by atoms with Crippen LogP contribution in [-0.2, 0) is 55.4 Å². The van der Waals surface area contributed by atoms with Gasteiger partial charge in [-0.1, -0.05) is 228 Å². The van der Waals surface area contributed by atoms with Gasteiger partial charge in [0.25, 0.3) is 0 Å². The molecular formula is C44H38O2P2S4. The molecule has 0 radical (unpaired) electrons. The highest BCUT2D eigenvalue weighted by atomic mass is 32.9. The van der Waals surface area contributed by atoms with Gasteiger partial charge in [-0.05, 0) is 46.2 Å². The van der Waals surface area contributed by atoms with Crippen LogP contribution in [0.5, 0.6) is 0 Å². The summed E-state index contributed by atoms with van der Waals surface area (Å²) < 4.78 is 16.5. The Labute approximate surface area is 325 Å². The van der Waals surface area contributed by atoms with Crippen LogP contribution in [0.3, 0.4) is 0 Å². The van der Waals surface area contributed by atoms with Gasteiger partial charge in [0.2, 0.25) is 0 Å². The predicted octanol–water partition coefficient (Wildman–Crippen LogP) is 13.4. The number of hydrogen-bond donors (Lipinski definition) is 0. The van der Waals surface area contributed by atoms with Crippen LogP contribution in [0, 0.1) is 0 Å². The highest BCUT2D eigenvalue weighted by Gasteiger charge is 2.62. The van der Waals surface area contributed by atoms with Crippen molar-refractivity contribution in [3.05, 3.63) is 226 Å². The second kappa shape index (κ2) is 15.4. The van der Waals surface area contributed by atoms with Crippen molar-refractivity contribution in [2.24, 2.45) is 0 Å². The van der Waals surface area contributed by atoms with Gasteiger partial charge in [0.1, 0.15) is 10.9 Å². The van der Waals surface area contributed by atoms with E-state index in [1.165, 1.54) is 11.1 Å². The quantitative estimate of drug-likeness (QED) is 0.158. The highest BCUT2D eigenvalue weighted by Crippen LogP contribution is 2.79. The minimum atomic E-state index is -2.90. The molecule has 0 N–H and O–H groups in total. The maximum absolute atomic E-state index is 8.23. The van der Waals surface area contributed by atoms with Crippen LogP contribution >= 0.6 is 33.7 Å². The molecule has 1 heterocycles. The van der Waals surface area contributed by atoms with Crippen LogP contribution in [0.4, 0.5) is 0 Å². The largest absolute Gasteiger partial charge is 0.318 e. The standard InChI is InChI=1S/C44H38O2P2S4/c49-47(41-29-15-16-30-41)45-43(37-21-5-1-6-22-37,38-23-7-2-8-24-38)44(39-25-9-3-10-26-39,40-27-11-4-12-28-40)46-48(50,42-31-17-18-32-42)52-34-36-20-14-13-19-35(36)33-51-47/h1-29,31H,30,32-34H2. The van der Waals surface area contributed by atoms with Gasteiger partial charge in [0.15, 0.2) is 11.2 Å². The minimum absolute atomic E-state index is 0.725. The molecule has 2 unspecified atom stereocenters. The molecule has 8 heteroatoms. The van der Waals surface area contributed by atoms with Gasteiger partial charge < -0.3 is 9.05 Å². The van der Waals surface area contributed by atoms with Crippen LogP contribution in [-0.4, -0.2) is 0 Å². The van der Waals surface area contributed by atoms with Gasteiger partial charge in [-0.25, -0.2) is 0 Å². The van der Waals surface area contributed by atoms with Crippen LogP contribution in [0.25, 0.3) is 0 Å². The second-order valence-electron chi connectivity index (χ2n) is 12.9. The Morgan fingerprint density at radius 2 is 0.750 bits per heavy atom. The summed E-state index contributed by atoms with van der Waals surface area (Å²) in [5.74, 6) is 1.45. The molecule has 2 aliphatic carbocycles. The molecule has 260 valence electrons. The summed E-state index contributed by atoms with van der Waals surface area (Å²) in [5.41, 5.74) is -2.04. The van der Waals surface area contributed by atoms with E-state index in [1.54, 1.807) is 22.8 Å². The van der Waals surface area contributed by atoms with Crippen molar-refractivity contribution in [3.63, 3.8) is 0 Å². The molecule has 8 rings (SSSR count). The number of rotatable bonds is 6. The van der Waals surface area contributed by atoms with Crippen molar-refractivity contribution in [2.75, 3.05) is 0 Å². The average Bonchev–Trinajstić information content (AvgIpc) is 3.96. The van der Waals surface area contributed by atoms with E-state index in [-0.39, 0.29) is 0 Å². The lowest BCUT2D eigenvalue weighted by atomic mass is 9.66. The van der Waals surface area contributed by atoms with Gasteiger partial charge >= 0.3 is 0 Å². The smallest absolute Gasteiger partial charge is 0.162 e. The molecule has 3 aliphatic rings. The van der Waals surface area contributed by atoms with E-state index in [4.69, 9.17) is 32.7 Å². The van der Waals surface area contributed by atoms with Crippen molar-refractivity contribution in [3.8, 4) is 0 Å². The zero-order valence-electron chi connectivity index (χ0n) is 28.5. The third kappa shape index (κ3) is 6.57. The van der Waals surface area contributed by atoms with E-state index in [0.717, 1.165) is 57.2 Å². The Balaban J connectivity index is 1.55. The SMILES string of the molecule is S=P1(C2=CC=CC2)OC(c2ccccc2)(c2ccccc2)C(c2ccccc2)(c2ccccc2)OP(=S)(C2=CC=CC2)SCc2ccccc2CS1. The lowest BCUT2D eigenvalue weighted by Gasteiger charge is -2.54. The third-order valence-electron chi connectivity index (χ3n) is 9.84. The molecular weight excluding hydrogens is 751 g/mol. The molecule has 5 aromatic rings. The van der Waals surface area contributed by atoms with Crippen molar-refractivity contribution in [1.82, 2.24) is 0 Å². The first-order chi connectivity index (χ1) is 25.5. The van der Waals surface area contributed by atoms with E-state index in [1.807, 2.05) is 0 Å². The lowest BCUT2D eigenvalue weighted by Crippen LogP contribution is -2.53. The van der Waals surface area contributed by atoms with Crippen LogP contribution < -0.4 is 0 Å². The van der Waals surface area contributed by atoms with Crippen molar-refractivity contribution in [2.45, 2.75) is 35.5 Å². The number of fused-ring (bicyclic) bond motifs is 1. The summed E-state index contributed by atoms with van der Waals surface area (Å²) in [5, 5.41) is 2.29. The molecule has 1 aliphatic heterocycles. The molecule has 5 aromatic carbocycles. The van der Waals surface area contributed by atoms with Crippen molar-refractivity contribution >= 4 is 57.3 Å². The average molecular weight is 789 g/mol. The highest BCUT2D eigenvalue weighted by molar-refractivity contribution is 8.70. The van der Waals surface area contributed by atoms with Gasteiger partial charge in [0, 0.05) is 22.1 Å². The third-order valence-corrected chi connectivity index (χ3v) is 22.9. The summed E-state index contributed by atoms with van der Waals surface area (Å²) >= 11 is 17.6. The van der Waals surface area contributed by atoms with Gasteiger partial charge in [-0.15, -0.1) is 0 Å². The van der Waals surface area contributed by atoms with Gasteiger partial charge in [-0.3, -0.25) is 0 Å². The van der Waals surface area contributed by atoms with E-state index in [2.05, 4.69) is 182 Å². The summed E-state index contributed by atoms with van der Waals surface area (Å²) in [7, 11) is 0. The first kappa shape index (κ1) is 36.0. The summed E-state index contributed by atoms with van der Waals surface area (Å²) in [6.07, 6.45) is 14.5. The Kier molecular flexibility index (Phi) is 10.6. The predicted molar refractivity (Wildman–Crippen MR) is 231 cm³/mol. The molecule has 0 saturated carbocycles. The van der Waals surface area contributed by atoms with Gasteiger partial charge in [0.05, 0.1) is 0 Å². The Bertz CT molecular complexity index is 2030. The molecule has 0 aromatic heterocycles. The van der Waals surface area contributed by atoms with Gasteiger partial charge in [-0.2, -0.15) is 0 Å². The fraction of sp³-hybridized carbons (Fsp3) is 0.136. The Hall–Kier alpha value is -3.02. The topological polar surface area (TPSA) is 18.5 Å². The summed E-state index contributed by atoms with van der Waals surface area (Å²) in [6.45, 7) is 0. The molecule has 0 spiro atoms. The molecule has 2 nitrogen and oxygen atoms in total. The van der Waals surface area contributed by atoms with E-state index in [9.17, 15) is 0 Å². The second-order valence-corrected chi connectivity index (χ2v) is 26.6. The summed E-state index contributed by atoms with van der Waals surface area (Å²) in [6, 6.07) is 51.1. The van der Waals surface area contributed by atoms with E-state index in [0.29, 0.717) is 0 Å². The number of benzene rings is 5. The Morgan fingerprint density at radius 1 is 0.442 bits per heavy atom. The lowest BCUT2D eigenvalue weighted by molar-refractivity contribution is -0.0629. The molecule has 52 heavy (non-hydrogen) atoms. The molecule has 0 bridgehead atoms. The normalized spacial score (nSPS) is 23.8. The van der Waals surface area contributed by atoms with E-state index < -0.39 is 22.1 Å². The zero-order chi connectivity index (χ0) is 35.5. The first-order valence-corrected chi connectivity index (χ1v) is 26.0. The maximum atomic E-state index is 8.23. The number of allylic oxidation sites excluding steroid dienone is 8. The first-order valence-electron chi connectivity index (χ1n) is 17.4. The zero-order valence-corrected chi connectivity index (χ0v) is 33.5.